The van der Waals surface area contributed by atoms with Crippen molar-refractivity contribution in [1.29, 1.82) is 0 Å². The van der Waals surface area contributed by atoms with E-state index in [0.29, 0.717) is 35.7 Å². The van der Waals surface area contributed by atoms with Gasteiger partial charge in [-0.05, 0) is 50.5 Å². The van der Waals surface area contributed by atoms with Crippen molar-refractivity contribution in [2.24, 2.45) is 11.8 Å². The molecule has 1 aromatic rings. The molecule has 112 valence electrons. The van der Waals surface area contributed by atoms with Gasteiger partial charge < -0.3 is 0 Å². The minimum absolute atomic E-state index is 0.381. The van der Waals surface area contributed by atoms with Crippen molar-refractivity contribution >= 4 is 33.0 Å². The SMILES string of the molecule is Cc1sc(CCl)cc1S(=O)(=O)N(CC1CC1)CC1CC1. The fourth-order valence-corrected chi connectivity index (χ4v) is 5.72. The summed E-state index contributed by atoms with van der Waals surface area (Å²) in [6.07, 6.45) is 4.69. The molecule has 3 nitrogen and oxygen atoms in total. The summed E-state index contributed by atoms with van der Waals surface area (Å²) in [7, 11) is -3.35. The van der Waals surface area contributed by atoms with Crippen LogP contribution in [0.2, 0.25) is 0 Å². The van der Waals surface area contributed by atoms with Crippen LogP contribution in [0.4, 0.5) is 0 Å². The van der Waals surface area contributed by atoms with Crippen molar-refractivity contribution in [1.82, 2.24) is 4.31 Å². The summed E-state index contributed by atoms with van der Waals surface area (Å²) < 4.78 is 27.5. The van der Waals surface area contributed by atoms with Gasteiger partial charge in [-0.1, -0.05) is 0 Å². The van der Waals surface area contributed by atoms with E-state index in [1.54, 1.807) is 10.4 Å². The Bertz CT molecular complexity index is 574. The summed E-state index contributed by atoms with van der Waals surface area (Å²) in [5, 5.41) is 0. The maximum Gasteiger partial charge on any atom is 0.244 e. The maximum atomic E-state index is 12.9. The Morgan fingerprint density at radius 1 is 1.25 bits per heavy atom. The summed E-state index contributed by atoms with van der Waals surface area (Å²) in [5.41, 5.74) is 0. The van der Waals surface area contributed by atoms with Crippen LogP contribution in [0.5, 0.6) is 0 Å². The largest absolute Gasteiger partial charge is 0.244 e. The molecule has 20 heavy (non-hydrogen) atoms. The lowest BCUT2D eigenvalue weighted by Gasteiger charge is -2.22. The monoisotopic (exact) mass is 333 g/mol. The quantitative estimate of drug-likeness (QED) is 0.715. The molecule has 0 atom stereocenters. The number of hydrogen-bond donors (Lipinski definition) is 0. The lowest BCUT2D eigenvalue weighted by atomic mass is 10.4. The van der Waals surface area contributed by atoms with Crippen LogP contribution in [0.15, 0.2) is 11.0 Å². The van der Waals surface area contributed by atoms with E-state index in [2.05, 4.69) is 0 Å². The molecule has 0 aliphatic heterocycles. The van der Waals surface area contributed by atoms with Gasteiger partial charge in [0.05, 0.1) is 10.8 Å². The normalized spacial score (nSPS) is 19.8. The predicted molar refractivity (Wildman–Crippen MR) is 82.8 cm³/mol. The number of nitrogens with zero attached hydrogens (tertiary/aromatic N) is 1. The Hall–Kier alpha value is -0.100. The number of aryl methyl sites for hydroxylation is 1. The van der Waals surface area contributed by atoms with Crippen molar-refractivity contribution in [2.75, 3.05) is 13.1 Å². The smallest absolute Gasteiger partial charge is 0.207 e. The molecule has 0 saturated heterocycles. The van der Waals surface area contributed by atoms with E-state index in [4.69, 9.17) is 11.6 Å². The molecule has 2 aliphatic carbocycles. The summed E-state index contributed by atoms with van der Waals surface area (Å²) in [6.45, 7) is 3.27. The number of alkyl halides is 1. The summed E-state index contributed by atoms with van der Waals surface area (Å²) in [4.78, 5) is 2.26. The molecular weight excluding hydrogens is 314 g/mol. The van der Waals surface area contributed by atoms with Crippen molar-refractivity contribution < 1.29 is 8.42 Å². The Kier molecular flexibility index (Phi) is 4.15. The van der Waals surface area contributed by atoms with Gasteiger partial charge in [0, 0.05) is 22.8 Å². The van der Waals surface area contributed by atoms with Crippen LogP contribution in [0.1, 0.15) is 35.4 Å². The molecule has 0 amide bonds. The van der Waals surface area contributed by atoms with Gasteiger partial charge in [-0.3, -0.25) is 0 Å². The van der Waals surface area contributed by atoms with Gasteiger partial charge in [0.1, 0.15) is 0 Å². The topological polar surface area (TPSA) is 37.4 Å². The summed E-state index contributed by atoms with van der Waals surface area (Å²) in [6, 6.07) is 1.76. The fourth-order valence-electron chi connectivity index (χ4n) is 2.43. The molecule has 0 N–H and O–H groups in total. The first kappa shape index (κ1) is 14.8. The molecule has 1 heterocycles. The molecule has 2 fully saturated rings. The highest BCUT2D eigenvalue weighted by atomic mass is 35.5. The second-order valence-corrected chi connectivity index (χ2v) is 9.49. The Labute approximate surface area is 130 Å². The first-order valence-corrected chi connectivity index (χ1v) is 9.95. The molecule has 0 radical (unpaired) electrons. The van der Waals surface area contributed by atoms with Gasteiger partial charge in [-0.25, -0.2) is 8.42 Å². The van der Waals surface area contributed by atoms with Crippen LogP contribution < -0.4 is 0 Å². The van der Waals surface area contributed by atoms with Crippen LogP contribution >= 0.6 is 22.9 Å². The molecule has 2 aliphatic rings. The number of sulfonamides is 1. The van der Waals surface area contributed by atoms with Crippen LogP contribution in [0.25, 0.3) is 0 Å². The molecule has 2 saturated carbocycles. The molecule has 0 spiro atoms. The zero-order valence-electron chi connectivity index (χ0n) is 11.6. The van der Waals surface area contributed by atoms with E-state index in [-0.39, 0.29) is 0 Å². The van der Waals surface area contributed by atoms with Gasteiger partial charge in [0.15, 0.2) is 0 Å². The first-order valence-electron chi connectivity index (χ1n) is 7.16. The Balaban J connectivity index is 1.86. The molecule has 1 aromatic heterocycles. The van der Waals surface area contributed by atoms with Crippen LogP contribution in [0.3, 0.4) is 0 Å². The average molecular weight is 334 g/mol. The van der Waals surface area contributed by atoms with Gasteiger partial charge >= 0.3 is 0 Å². The van der Waals surface area contributed by atoms with Crippen LogP contribution in [-0.2, 0) is 15.9 Å². The summed E-state index contributed by atoms with van der Waals surface area (Å²) in [5.74, 6) is 1.54. The fraction of sp³-hybridized carbons (Fsp3) is 0.714. The molecule has 3 rings (SSSR count). The van der Waals surface area contributed by atoms with Gasteiger partial charge in [0.2, 0.25) is 10.0 Å². The molecule has 0 aromatic carbocycles. The van der Waals surface area contributed by atoms with E-state index in [9.17, 15) is 8.42 Å². The Morgan fingerprint density at radius 2 is 1.80 bits per heavy atom. The maximum absolute atomic E-state index is 12.9. The predicted octanol–water partition coefficient (Wildman–Crippen LogP) is 3.61. The first-order chi connectivity index (χ1) is 9.50. The number of rotatable bonds is 7. The van der Waals surface area contributed by atoms with Gasteiger partial charge in [0.25, 0.3) is 0 Å². The third kappa shape index (κ3) is 3.21. The number of thiophene rings is 1. The van der Waals surface area contributed by atoms with E-state index in [0.717, 1.165) is 9.75 Å². The molecule has 0 bridgehead atoms. The molecular formula is C14H20ClNO2S2. The number of halogens is 1. The second-order valence-electron chi connectivity index (χ2n) is 5.98. The van der Waals surface area contributed by atoms with Crippen molar-refractivity contribution in [3.8, 4) is 0 Å². The standard InChI is InChI=1S/C14H20ClNO2S2/c1-10-14(6-13(7-15)19-10)20(17,18)16(8-11-2-3-11)9-12-4-5-12/h6,11-12H,2-5,7-9H2,1H3. The van der Waals surface area contributed by atoms with Gasteiger partial charge in [-0.15, -0.1) is 22.9 Å². The zero-order chi connectivity index (χ0) is 14.3. The van der Waals surface area contributed by atoms with E-state index in [1.165, 1.54) is 37.0 Å². The van der Waals surface area contributed by atoms with Crippen LogP contribution in [0, 0.1) is 18.8 Å². The second kappa shape index (κ2) is 5.59. The average Bonchev–Trinajstić information content (AvgIpc) is 3.30. The highest BCUT2D eigenvalue weighted by Gasteiger charge is 2.36. The third-order valence-electron chi connectivity index (χ3n) is 3.99. The van der Waals surface area contributed by atoms with E-state index >= 15 is 0 Å². The lowest BCUT2D eigenvalue weighted by molar-refractivity contribution is 0.382. The van der Waals surface area contributed by atoms with Crippen molar-refractivity contribution in [2.45, 2.75) is 43.4 Å². The summed E-state index contributed by atoms with van der Waals surface area (Å²) >= 11 is 7.32. The third-order valence-corrected chi connectivity index (χ3v) is 7.57. The zero-order valence-corrected chi connectivity index (χ0v) is 14.0. The highest BCUT2D eigenvalue weighted by Crippen LogP contribution is 2.37. The molecule has 6 heteroatoms. The van der Waals surface area contributed by atoms with Crippen molar-refractivity contribution in [3.05, 3.63) is 15.8 Å². The van der Waals surface area contributed by atoms with Gasteiger partial charge in [-0.2, -0.15) is 4.31 Å². The Morgan fingerprint density at radius 3 is 2.20 bits per heavy atom. The van der Waals surface area contributed by atoms with E-state index < -0.39 is 10.0 Å². The number of hydrogen-bond acceptors (Lipinski definition) is 3. The molecule has 0 unspecified atom stereocenters. The highest BCUT2D eigenvalue weighted by molar-refractivity contribution is 7.89. The minimum Gasteiger partial charge on any atom is -0.207 e. The van der Waals surface area contributed by atoms with Crippen LogP contribution in [-0.4, -0.2) is 25.8 Å². The van der Waals surface area contributed by atoms with E-state index in [1.807, 2.05) is 6.92 Å². The van der Waals surface area contributed by atoms with Crippen molar-refractivity contribution in [3.63, 3.8) is 0 Å². The minimum atomic E-state index is -3.35. The lowest BCUT2D eigenvalue weighted by Crippen LogP contribution is -2.34.